The second-order valence-corrected chi connectivity index (χ2v) is 6.17. The molecule has 1 saturated carbocycles. The maximum absolute atomic E-state index is 13.0. The Kier molecular flexibility index (Phi) is 4.93. The van der Waals surface area contributed by atoms with Crippen LogP contribution in [-0.4, -0.2) is 17.4 Å². The molecule has 1 aromatic rings. The van der Waals surface area contributed by atoms with Crippen LogP contribution in [0.4, 0.5) is 4.39 Å². The van der Waals surface area contributed by atoms with Gasteiger partial charge >= 0.3 is 0 Å². The first kappa shape index (κ1) is 15.9. The van der Waals surface area contributed by atoms with Crippen LogP contribution in [0.25, 0.3) is 0 Å². The Balaban J connectivity index is 1.93. The number of hydrogen-bond donors (Lipinski definition) is 2. The van der Waals surface area contributed by atoms with E-state index in [4.69, 9.17) is 18.0 Å². The van der Waals surface area contributed by atoms with Gasteiger partial charge in [-0.1, -0.05) is 31.1 Å². The molecule has 21 heavy (non-hydrogen) atoms. The molecule has 0 heterocycles. The first-order valence-corrected chi connectivity index (χ1v) is 7.70. The first-order chi connectivity index (χ1) is 9.95. The topological polar surface area (TPSA) is 55.1 Å². The van der Waals surface area contributed by atoms with Crippen molar-refractivity contribution in [1.82, 2.24) is 5.32 Å². The van der Waals surface area contributed by atoms with Gasteiger partial charge in [0.1, 0.15) is 5.82 Å². The van der Waals surface area contributed by atoms with Gasteiger partial charge in [-0.2, -0.15) is 0 Å². The van der Waals surface area contributed by atoms with Crippen molar-refractivity contribution < 1.29 is 9.18 Å². The summed E-state index contributed by atoms with van der Waals surface area (Å²) in [7, 11) is 0. The van der Waals surface area contributed by atoms with Gasteiger partial charge in [0.2, 0.25) is 5.91 Å². The molecule has 5 heteroatoms. The van der Waals surface area contributed by atoms with Crippen LogP contribution in [0, 0.1) is 18.2 Å². The van der Waals surface area contributed by atoms with E-state index in [-0.39, 0.29) is 11.7 Å². The molecule has 0 unspecified atom stereocenters. The van der Waals surface area contributed by atoms with Gasteiger partial charge in [0, 0.05) is 6.54 Å². The highest BCUT2D eigenvalue weighted by molar-refractivity contribution is 7.80. The number of amides is 1. The highest BCUT2D eigenvalue weighted by atomic mass is 32.1. The van der Waals surface area contributed by atoms with Crippen molar-refractivity contribution in [2.75, 3.05) is 6.54 Å². The highest BCUT2D eigenvalue weighted by Crippen LogP contribution is 2.38. The largest absolute Gasteiger partial charge is 0.392 e. The number of thiocarbonyl (C=S) groups is 1. The van der Waals surface area contributed by atoms with Crippen molar-refractivity contribution in [3.8, 4) is 0 Å². The second-order valence-electron chi connectivity index (χ2n) is 5.73. The SMILES string of the molecule is Cc1cc(F)ccc1CCNC(=O)C1(C(N)=S)CCCC1. The molecule has 1 aromatic carbocycles. The predicted molar refractivity (Wildman–Crippen MR) is 85.5 cm³/mol. The van der Waals surface area contributed by atoms with E-state index in [0.717, 1.165) is 36.8 Å². The molecule has 1 aliphatic rings. The minimum Gasteiger partial charge on any atom is -0.392 e. The maximum Gasteiger partial charge on any atom is 0.233 e. The standard InChI is InChI=1S/C16H21FN2OS/c1-11-10-13(17)5-4-12(11)6-9-19-15(20)16(14(18)21)7-2-3-8-16/h4-5,10H,2-3,6-9H2,1H3,(H2,18,21)(H,19,20). The Morgan fingerprint density at radius 2 is 2.10 bits per heavy atom. The molecule has 0 radical (unpaired) electrons. The van der Waals surface area contributed by atoms with Gasteiger partial charge in [-0.15, -0.1) is 0 Å². The quantitative estimate of drug-likeness (QED) is 0.822. The summed E-state index contributed by atoms with van der Waals surface area (Å²) in [6, 6.07) is 4.71. The van der Waals surface area contributed by atoms with Gasteiger partial charge in [0.15, 0.2) is 0 Å². The number of aryl methyl sites for hydroxylation is 1. The molecule has 1 fully saturated rings. The summed E-state index contributed by atoms with van der Waals surface area (Å²) in [6.07, 6.45) is 4.13. The summed E-state index contributed by atoms with van der Waals surface area (Å²) in [5, 5.41) is 2.94. The van der Waals surface area contributed by atoms with Crippen LogP contribution in [-0.2, 0) is 11.2 Å². The van der Waals surface area contributed by atoms with Gasteiger partial charge in [0.05, 0.1) is 10.4 Å². The van der Waals surface area contributed by atoms with Gasteiger partial charge in [-0.25, -0.2) is 4.39 Å². The van der Waals surface area contributed by atoms with Gasteiger partial charge in [-0.05, 0) is 49.4 Å². The lowest BCUT2D eigenvalue weighted by molar-refractivity contribution is -0.127. The van der Waals surface area contributed by atoms with Crippen LogP contribution in [0.5, 0.6) is 0 Å². The number of rotatable bonds is 5. The molecule has 2 rings (SSSR count). The third-order valence-corrected chi connectivity index (χ3v) is 4.74. The Morgan fingerprint density at radius 1 is 1.43 bits per heavy atom. The van der Waals surface area contributed by atoms with E-state index in [1.807, 2.05) is 6.92 Å². The minimum atomic E-state index is -0.660. The number of nitrogens with two attached hydrogens (primary N) is 1. The monoisotopic (exact) mass is 308 g/mol. The number of carbonyl (C=O) groups is 1. The Morgan fingerprint density at radius 3 is 2.67 bits per heavy atom. The Labute approximate surface area is 130 Å². The smallest absolute Gasteiger partial charge is 0.233 e. The summed E-state index contributed by atoms with van der Waals surface area (Å²) in [5.41, 5.74) is 7.06. The van der Waals surface area contributed by atoms with E-state index in [1.165, 1.54) is 12.1 Å². The molecule has 0 aliphatic heterocycles. The molecule has 3 N–H and O–H groups in total. The van der Waals surface area contributed by atoms with E-state index in [9.17, 15) is 9.18 Å². The Bertz CT molecular complexity index is 553. The summed E-state index contributed by atoms with van der Waals surface area (Å²) in [6.45, 7) is 2.38. The third-order valence-electron chi connectivity index (χ3n) is 4.35. The molecule has 0 saturated heterocycles. The molecular weight excluding hydrogens is 287 g/mol. The zero-order valence-corrected chi connectivity index (χ0v) is 13.1. The lowest BCUT2D eigenvalue weighted by atomic mass is 9.85. The van der Waals surface area contributed by atoms with E-state index >= 15 is 0 Å². The Hall–Kier alpha value is -1.49. The van der Waals surface area contributed by atoms with Crippen LogP contribution in [0.15, 0.2) is 18.2 Å². The first-order valence-electron chi connectivity index (χ1n) is 7.29. The van der Waals surface area contributed by atoms with Crippen LogP contribution in [0.3, 0.4) is 0 Å². The summed E-state index contributed by atoms with van der Waals surface area (Å²) in [5.74, 6) is -0.300. The maximum atomic E-state index is 13.0. The van der Waals surface area contributed by atoms with E-state index in [2.05, 4.69) is 5.32 Å². The van der Waals surface area contributed by atoms with Gasteiger partial charge in [-0.3, -0.25) is 4.79 Å². The number of nitrogens with one attached hydrogen (secondary N) is 1. The molecular formula is C16H21FN2OS. The average Bonchev–Trinajstić information content (AvgIpc) is 2.92. The number of hydrogen-bond acceptors (Lipinski definition) is 2. The molecule has 0 bridgehead atoms. The molecule has 0 atom stereocenters. The molecule has 3 nitrogen and oxygen atoms in total. The molecule has 114 valence electrons. The number of benzene rings is 1. The average molecular weight is 308 g/mol. The van der Waals surface area contributed by atoms with Crippen molar-refractivity contribution >= 4 is 23.1 Å². The highest BCUT2D eigenvalue weighted by Gasteiger charge is 2.43. The molecule has 1 amide bonds. The van der Waals surface area contributed by atoms with Crippen molar-refractivity contribution in [2.45, 2.75) is 39.0 Å². The zero-order chi connectivity index (χ0) is 15.5. The number of carbonyl (C=O) groups excluding carboxylic acids is 1. The zero-order valence-electron chi connectivity index (χ0n) is 12.2. The fraction of sp³-hybridized carbons (Fsp3) is 0.500. The van der Waals surface area contributed by atoms with E-state index < -0.39 is 5.41 Å². The van der Waals surface area contributed by atoms with Crippen LogP contribution < -0.4 is 11.1 Å². The minimum absolute atomic E-state index is 0.0627. The second kappa shape index (κ2) is 6.52. The summed E-state index contributed by atoms with van der Waals surface area (Å²) in [4.78, 5) is 12.7. The third kappa shape index (κ3) is 3.40. The van der Waals surface area contributed by atoms with E-state index in [1.54, 1.807) is 6.07 Å². The van der Waals surface area contributed by atoms with Crippen molar-refractivity contribution in [2.24, 2.45) is 11.1 Å². The normalized spacial score (nSPS) is 16.7. The van der Waals surface area contributed by atoms with Crippen LogP contribution in [0.1, 0.15) is 36.8 Å². The van der Waals surface area contributed by atoms with E-state index in [0.29, 0.717) is 18.0 Å². The van der Waals surface area contributed by atoms with Gasteiger partial charge in [0.25, 0.3) is 0 Å². The van der Waals surface area contributed by atoms with Crippen LogP contribution in [0.2, 0.25) is 0 Å². The molecule has 0 spiro atoms. The summed E-state index contributed by atoms with van der Waals surface area (Å²) >= 11 is 5.10. The lowest BCUT2D eigenvalue weighted by Crippen LogP contribution is -2.47. The lowest BCUT2D eigenvalue weighted by Gasteiger charge is -2.26. The predicted octanol–water partition coefficient (Wildman–Crippen LogP) is 2.64. The fourth-order valence-corrected chi connectivity index (χ4v) is 3.28. The number of halogens is 1. The van der Waals surface area contributed by atoms with Gasteiger partial charge < -0.3 is 11.1 Å². The van der Waals surface area contributed by atoms with Crippen molar-refractivity contribution in [1.29, 1.82) is 0 Å². The molecule has 0 aromatic heterocycles. The van der Waals surface area contributed by atoms with Crippen molar-refractivity contribution in [3.63, 3.8) is 0 Å². The fourth-order valence-electron chi connectivity index (χ4n) is 2.98. The molecule has 1 aliphatic carbocycles. The van der Waals surface area contributed by atoms with Crippen LogP contribution >= 0.6 is 12.2 Å². The van der Waals surface area contributed by atoms with Crippen molar-refractivity contribution in [3.05, 3.63) is 35.1 Å². The summed E-state index contributed by atoms with van der Waals surface area (Å²) < 4.78 is 13.0.